The van der Waals surface area contributed by atoms with Crippen LogP contribution < -0.4 is 15.0 Å². The van der Waals surface area contributed by atoms with E-state index in [0.29, 0.717) is 11.5 Å². The summed E-state index contributed by atoms with van der Waals surface area (Å²) in [5.41, 5.74) is 2.80. The van der Waals surface area contributed by atoms with E-state index in [4.69, 9.17) is 4.74 Å². The van der Waals surface area contributed by atoms with E-state index in [9.17, 15) is 5.26 Å². The summed E-state index contributed by atoms with van der Waals surface area (Å²) in [5, 5.41) is 12.8. The first-order valence-electron chi connectivity index (χ1n) is 6.75. The standard InChI is InChI=1S/C15H21N3O/c1-11(2)12-8-13(10-16)15(14(9-12)19-3)18-6-4-17-5-7-18/h8-9,11,17H,4-7H2,1-3H3. The topological polar surface area (TPSA) is 48.3 Å². The number of nitrogens with zero attached hydrogens (tertiary/aromatic N) is 2. The number of nitriles is 1. The van der Waals surface area contributed by atoms with Crippen molar-refractivity contribution in [2.75, 3.05) is 38.2 Å². The molecule has 1 aliphatic heterocycles. The van der Waals surface area contributed by atoms with Gasteiger partial charge in [0.05, 0.1) is 18.4 Å². The van der Waals surface area contributed by atoms with E-state index in [1.165, 1.54) is 0 Å². The highest BCUT2D eigenvalue weighted by Crippen LogP contribution is 2.35. The molecule has 1 heterocycles. The number of piperazine rings is 1. The number of hydrogen-bond donors (Lipinski definition) is 1. The zero-order chi connectivity index (χ0) is 13.8. The zero-order valence-corrected chi connectivity index (χ0v) is 11.9. The number of methoxy groups -OCH3 is 1. The maximum absolute atomic E-state index is 9.43. The van der Waals surface area contributed by atoms with Gasteiger partial charge in [0, 0.05) is 26.2 Å². The number of anilines is 1. The molecule has 0 atom stereocenters. The highest BCUT2D eigenvalue weighted by molar-refractivity contribution is 5.69. The number of rotatable bonds is 3. The molecule has 1 aromatic carbocycles. The smallest absolute Gasteiger partial charge is 0.143 e. The normalized spacial score (nSPS) is 15.4. The highest BCUT2D eigenvalue weighted by atomic mass is 16.5. The van der Waals surface area contributed by atoms with Crippen molar-refractivity contribution in [1.82, 2.24) is 5.32 Å². The van der Waals surface area contributed by atoms with Crippen LogP contribution in [0.2, 0.25) is 0 Å². The fraction of sp³-hybridized carbons (Fsp3) is 0.533. The fourth-order valence-corrected chi connectivity index (χ4v) is 2.42. The van der Waals surface area contributed by atoms with Crippen molar-refractivity contribution in [3.63, 3.8) is 0 Å². The van der Waals surface area contributed by atoms with Crippen molar-refractivity contribution in [3.05, 3.63) is 23.3 Å². The summed E-state index contributed by atoms with van der Waals surface area (Å²) in [6, 6.07) is 6.37. The molecule has 1 aromatic rings. The lowest BCUT2D eigenvalue weighted by Crippen LogP contribution is -2.44. The summed E-state index contributed by atoms with van der Waals surface area (Å²) in [7, 11) is 1.67. The van der Waals surface area contributed by atoms with Gasteiger partial charge in [-0.15, -0.1) is 0 Å². The van der Waals surface area contributed by atoms with Gasteiger partial charge in [0.15, 0.2) is 0 Å². The van der Waals surface area contributed by atoms with Crippen LogP contribution in [0.4, 0.5) is 5.69 Å². The van der Waals surface area contributed by atoms with E-state index < -0.39 is 0 Å². The Morgan fingerprint density at radius 3 is 2.53 bits per heavy atom. The predicted octanol–water partition coefficient (Wildman–Crippen LogP) is 2.10. The average molecular weight is 259 g/mol. The Bertz CT molecular complexity index is 485. The van der Waals surface area contributed by atoms with E-state index in [0.717, 1.165) is 43.2 Å². The third kappa shape index (κ3) is 2.82. The molecule has 102 valence electrons. The lowest BCUT2D eigenvalue weighted by atomic mass is 9.98. The van der Waals surface area contributed by atoms with Crippen LogP contribution in [-0.4, -0.2) is 33.3 Å². The van der Waals surface area contributed by atoms with E-state index in [-0.39, 0.29) is 0 Å². The van der Waals surface area contributed by atoms with Crippen molar-refractivity contribution >= 4 is 5.69 Å². The fourth-order valence-electron chi connectivity index (χ4n) is 2.42. The first-order chi connectivity index (χ1) is 9.17. The molecule has 1 fully saturated rings. The summed E-state index contributed by atoms with van der Waals surface area (Å²) in [4.78, 5) is 2.23. The van der Waals surface area contributed by atoms with Crippen molar-refractivity contribution in [3.8, 4) is 11.8 Å². The van der Waals surface area contributed by atoms with Crippen LogP contribution in [0.5, 0.6) is 5.75 Å². The largest absolute Gasteiger partial charge is 0.495 e. The lowest BCUT2D eigenvalue weighted by Gasteiger charge is -2.31. The molecule has 0 aliphatic carbocycles. The number of ether oxygens (including phenoxy) is 1. The molecule has 4 nitrogen and oxygen atoms in total. The second-order valence-corrected chi connectivity index (χ2v) is 5.12. The summed E-state index contributed by atoms with van der Waals surface area (Å²) in [5.74, 6) is 1.20. The van der Waals surface area contributed by atoms with E-state index in [1.54, 1.807) is 7.11 Å². The Labute approximate surface area is 115 Å². The molecule has 0 aromatic heterocycles. The quantitative estimate of drug-likeness (QED) is 0.903. The van der Waals surface area contributed by atoms with Crippen molar-refractivity contribution < 1.29 is 4.74 Å². The van der Waals surface area contributed by atoms with Gasteiger partial charge in [-0.05, 0) is 23.6 Å². The molecule has 19 heavy (non-hydrogen) atoms. The minimum atomic E-state index is 0.387. The van der Waals surface area contributed by atoms with Gasteiger partial charge in [0.25, 0.3) is 0 Å². The van der Waals surface area contributed by atoms with Crippen LogP contribution in [-0.2, 0) is 0 Å². The van der Waals surface area contributed by atoms with Crippen LogP contribution in [0, 0.1) is 11.3 Å². The molecule has 0 amide bonds. The van der Waals surface area contributed by atoms with E-state index >= 15 is 0 Å². The summed E-state index contributed by atoms with van der Waals surface area (Å²) in [6.45, 7) is 7.96. The summed E-state index contributed by atoms with van der Waals surface area (Å²) >= 11 is 0. The van der Waals surface area contributed by atoms with E-state index in [2.05, 4.69) is 36.2 Å². The van der Waals surface area contributed by atoms with Crippen LogP contribution in [0.1, 0.15) is 30.9 Å². The molecule has 1 N–H and O–H groups in total. The maximum atomic E-state index is 9.43. The lowest BCUT2D eigenvalue weighted by molar-refractivity contribution is 0.412. The Hall–Kier alpha value is -1.73. The second-order valence-electron chi connectivity index (χ2n) is 5.12. The number of benzene rings is 1. The van der Waals surface area contributed by atoms with Crippen LogP contribution in [0.25, 0.3) is 0 Å². The molecule has 0 radical (unpaired) electrons. The van der Waals surface area contributed by atoms with Gasteiger partial charge in [-0.1, -0.05) is 13.8 Å². The Morgan fingerprint density at radius 2 is 2.00 bits per heavy atom. The predicted molar refractivity (Wildman–Crippen MR) is 76.9 cm³/mol. The molecule has 0 spiro atoms. The van der Waals surface area contributed by atoms with Crippen molar-refractivity contribution in [1.29, 1.82) is 5.26 Å². The minimum absolute atomic E-state index is 0.387. The van der Waals surface area contributed by atoms with Crippen LogP contribution in [0.15, 0.2) is 12.1 Å². The maximum Gasteiger partial charge on any atom is 0.143 e. The van der Waals surface area contributed by atoms with Gasteiger partial charge in [0.2, 0.25) is 0 Å². The Morgan fingerprint density at radius 1 is 1.32 bits per heavy atom. The second kappa shape index (κ2) is 5.94. The first kappa shape index (κ1) is 13.7. The molecular weight excluding hydrogens is 238 g/mol. The minimum Gasteiger partial charge on any atom is -0.495 e. The first-order valence-corrected chi connectivity index (χ1v) is 6.75. The molecule has 0 bridgehead atoms. The van der Waals surface area contributed by atoms with E-state index in [1.807, 2.05) is 6.07 Å². The monoisotopic (exact) mass is 259 g/mol. The highest BCUT2D eigenvalue weighted by Gasteiger charge is 2.20. The average Bonchev–Trinajstić information content (AvgIpc) is 2.46. The van der Waals surface area contributed by atoms with Crippen molar-refractivity contribution in [2.45, 2.75) is 19.8 Å². The molecule has 0 unspecified atom stereocenters. The molecule has 4 heteroatoms. The van der Waals surface area contributed by atoms with Gasteiger partial charge in [-0.25, -0.2) is 0 Å². The van der Waals surface area contributed by atoms with Crippen LogP contribution in [0.3, 0.4) is 0 Å². The van der Waals surface area contributed by atoms with Gasteiger partial charge < -0.3 is 15.0 Å². The Balaban J connectivity index is 2.48. The molecule has 2 rings (SSSR count). The SMILES string of the molecule is COc1cc(C(C)C)cc(C#N)c1N1CCNCC1. The van der Waals surface area contributed by atoms with Crippen molar-refractivity contribution in [2.24, 2.45) is 0 Å². The third-order valence-corrected chi connectivity index (χ3v) is 3.54. The Kier molecular flexibility index (Phi) is 4.28. The van der Waals surface area contributed by atoms with Gasteiger partial charge >= 0.3 is 0 Å². The zero-order valence-electron chi connectivity index (χ0n) is 11.9. The van der Waals surface area contributed by atoms with Gasteiger partial charge in [-0.3, -0.25) is 0 Å². The van der Waals surface area contributed by atoms with Gasteiger partial charge in [0.1, 0.15) is 11.8 Å². The molecule has 1 saturated heterocycles. The molecular formula is C15H21N3O. The number of hydrogen-bond acceptors (Lipinski definition) is 4. The number of nitrogens with one attached hydrogen (secondary N) is 1. The third-order valence-electron chi connectivity index (χ3n) is 3.54. The van der Waals surface area contributed by atoms with Crippen LogP contribution >= 0.6 is 0 Å². The van der Waals surface area contributed by atoms with Gasteiger partial charge in [-0.2, -0.15) is 5.26 Å². The summed E-state index contributed by atoms with van der Waals surface area (Å²) < 4.78 is 5.52. The molecule has 1 aliphatic rings. The molecule has 0 saturated carbocycles. The summed E-state index contributed by atoms with van der Waals surface area (Å²) in [6.07, 6.45) is 0.